The normalized spacial score (nSPS) is 10.5. The number of nitrogen functional groups attached to an aromatic ring is 1. The summed E-state index contributed by atoms with van der Waals surface area (Å²) in [4.78, 5) is 14.1. The van der Waals surface area contributed by atoms with Crippen LogP contribution in [-0.4, -0.2) is 22.6 Å². The van der Waals surface area contributed by atoms with Crippen LogP contribution in [0.25, 0.3) is 0 Å². The van der Waals surface area contributed by atoms with E-state index in [-0.39, 0.29) is 11.7 Å². The molecule has 0 saturated carbocycles. The molecule has 1 aromatic heterocycles. The molecule has 1 amide bonds. The number of phenols is 1. The number of hydrogen-bond acceptors (Lipinski definition) is 3. The van der Waals surface area contributed by atoms with Crippen LogP contribution in [0.5, 0.6) is 5.75 Å². The maximum atomic E-state index is 12.5. The van der Waals surface area contributed by atoms with Gasteiger partial charge in [-0.2, -0.15) is 0 Å². The highest BCUT2D eigenvalue weighted by Gasteiger charge is 2.18. The monoisotopic (exact) mass is 273 g/mol. The lowest BCUT2D eigenvalue weighted by Crippen LogP contribution is -2.28. The number of nitrogens with zero attached hydrogens (tertiary/aromatic N) is 2. The maximum Gasteiger partial charge on any atom is 0.274 e. The van der Waals surface area contributed by atoms with E-state index in [1.165, 1.54) is 0 Å². The standard InChI is InChI=1S/C15H19N3O2/c1-3-8-18-10-11(16)9-14(18)15(20)17(2)12-4-6-13(19)7-5-12/h4-7,9-10,19H,3,8,16H2,1-2H3. The molecule has 0 spiro atoms. The lowest BCUT2D eigenvalue weighted by molar-refractivity contribution is 0.0984. The molecule has 20 heavy (non-hydrogen) atoms. The Morgan fingerprint density at radius 2 is 2.00 bits per heavy atom. The highest BCUT2D eigenvalue weighted by molar-refractivity contribution is 6.05. The highest BCUT2D eigenvalue weighted by Crippen LogP contribution is 2.20. The lowest BCUT2D eigenvalue weighted by Gasteiger charge is -2.18. The molecule has 1 heterocycles. The Labute approximate surface area is 118 Å². The number of phenolic OH excluding ortho intramolecular Hbond substituents is 1. The third kappa shape index (κ3) is 2.77. The van der Waals surface area contributed by atoms with Crippen molar-refractivity contribution in [1.82, 2.24) is 4.57 Å². The van der Waals surface area contributed by atoms with Crippen molar-refractivity contribution in [2.45, 2.75) is 19.9 Å². The number of aromatic hydroxyl groups is 1. The Hall–Kier alpha value is -2.43. The fraction of sp³-hybridized carbons (Fsp3) is 0.267. The quantitative estimate of drug-likeness (QED) is 0.898. The van der Waals surface area contributed by atoms with E-state index >= 15 is 0 Å². The molecular weight excluding hydrogens is 254 g/mol. The molecular formula is C15H19N3O2. The molecule has 0 aliphatic heterocycles. The molecule has 0 aliphatic rings. The number of nitrogens with two attached hydrogens (primary N) is 1. The van der Waals surface area contributed by atoms with E-state index in [0.717, 1.165) is 18.7 Å². The molecule has 0 atom stereocenters. The van der Waals surface area contributed by atoms with E-state index in [2.05, 4.69) is 0 Å². The van der Waals surface area contributed by atoms with Crippen molar-refractivity contribution in [2.24, 2.45) is 0 Å². The fourth-order valence-electron chi connectivity index (χ4n) is 2.10. The van der Waals surface area contributed by atoms with Crippen LogP contribution in [0, 0.1) is 0 Å². The number of aryl methyl sites for hydroxylation is 1. The number of hydrogen-bond donors (Lipinski definition) is 2. The number of carbonyl (C=O) groups is 1. The van der Waals surface area contributed by atoms with Crippen LogP contribution in [0.15, 0.2) is 36.5 Å². The second-order valence-corrected chi connectivity index (χ2v) is 4.73. The molecule has 3 N–H and O–H groups in total. The Morgan fingerprint density at radius 1 is 1.35 bits per heavy atom. The fourth-order valence-corrected chi connectivity index (χ4v) is 2.10. The summed E-state index contributed by atoms with van der Waals surface area (Å²) < 4.78 is 1.87. The van der Waals surface area contributed by atoms with E-state index in [4.69, 9.17) is 5.73 Å². The van der Waals surface area contributed by atoms with Crippen molar-refractivity contribution in [3.05, 3.63) is 42.2 Å². The molecule has 106 valence electrons. The average molecular weight is 273 g/mol. The van der Waals surface area contributed by atoms with Crippen LogP contribution >= 0.6 is 0 Å². The number of aromatic nitrogens is 1. The molecule has 1 aromatic carbocycles. The van der Waals surface area contributed by atoms with Gasteiger partial charge in [-0.1, -0.05) is 6.92 Å². The number of carbonyl (C=O) groups excluding carboxylic acids is 1. The zero-order valence-corrected chi connectivity index (χ0v) is 11.7. The van der Waals surface area contributed by atoms with Crippen LogP contribution < -0.4 is 10.6 Å². The minimum absolute atomic E-state index is 0.124. The third-order valence-electron chi connectivity index (χ3n) is 3.14. The number of benzene rings is 1. The van der Waals surface area contributed by atoms with Crippen molar-refractivity contribution < 1.29 is 9.90 Å². The SMILES string of the molecule is CCCn1cc(N)cc1C(=O)N(C)c1ccc(O)cc1. The molecule has 2 aromatic rings. The number of rotatable bonds is 4. The van der Waals surface area contributed by atoms with Gasteiger partial charge in [-0.05, 0) is 36.8 Å². The van der Waals surface area contributed by atoms with Crippen molar-refractivity contribution >= 4 is 17.3 Å². The maximum absolute atomic E-state index is 12.5. The first-order chi connectivity index (χ1) is 9.52. The van der Waals surface area contributed by atoms with Gasteiger partial charge in [0.05, 0.1) is 5.69 Å². The van der Waals surface area contributed by atoms with Gasteiger partial charge in [0.25, 0.3) is 5.91 Å². The first kappa shape index (κ1) is 14.0. The molecule has 0 unspecified atom stereocenters. The summed E-state index contributed by atoms with van der Waals surface area (Å²) >= 11 is 0. The van der Waals surface area contributed by atoms with Crippen LogP contribution in [0.2, 0.25) is 0 Å². The minimum Gasteiger partial charge on any atom is -0.508 e. The Kier molecular flexibility index (Phi) is 3.98. The summed E-state index contributed by atoms with van der Waals surface area (Å²) in [5, 5.41) is 9.29. The van der Waals surface area contributed by atoms with Crippen LogP contribution in [0.1, 0.15) is 23.8 Å². The average Bonchev–Trinajstić information content (AvgIpc) is 2.79. The van der Waals surface area contributed by atoms with Crippen molar-refractivity contribution in [1.29, 1.82) is 0 Å². The van der Waals surface area contributed by atoms with Gasteiger partial charge < -0.3 is 20.3 Å². The molecule has 0 saturated heterocycles. The Balaban J connectivity index is 2.28. The highest BCUT2D eigenvalue weighted by atomic mass is 16.3. The van der Waals surface area contributed by atoms with Crippen LogP contribution in [0.3, 0.4) is 0 Å². The molecule has 2 rings (SSSR count). The molecule has 5 nitrogen and oxygen atoms in total. The van der Waals surface area contributed by atoms with Crippen molar-refractivity contribution in [3.63, 3.8) is 0 Å². The van der Waals surface area contributed by atoms with Crippen LogP contribution in [-0.2, 0) is 6.54 Å². The summed E-state index contributed by atoms with van der Waals surface area (Å²) in [6, 6.07) is 8.19. The number of amides is 1. The Bertz CT molecular complexity index is 602. The van der Waals surface area contributed by atoms with Crippen molar-refractivity contribution in [2.75, 3.05) is 17.7 Å². The zero-order valence-electron chi connectivity index (χ0n) is 11.7. The third-order valence-corrected chi connectivity index (χ3v) is 3.14. The predicted octanol–water partition coefficient (Wildman–Crippen LogP) is 2.46. The molecule has 0 radical (unpaired) electrons. The summed E-state index contributed by atoms with van der Waals surface area (Å²) in [5.74, 6) is 0.0500. The first-order valence-electron chi connectivity index (χ1n) is 6.55. The zero-order chi connectivity index (χ0) is 14.7. The predicted molar refractivity (Wildman–Crippen MR) is 80.0 cm³/mol. The van der Waals surface area contributed by atoms with Gasteiger partial charge in [0.1, 0.15) is 11.4 Å². The van der Waals surface area contributed by atoms with Gasteiger partial charge in [-0.25, -0.2) is 0 Å². The summed E-state index contributed by atoms with van der Waals surface area (Å²) in [7, 11) is 1.70. The van der Waals surface area contributed by atoms with E-state index in [0.29, 0.717) is 11.4 Å². The Morgan fingerprint density at radius 3 is 2.60 bits per heavy atom. The molecule has 0 fully saturated rings. The van der Waals surface area contributed by atoms with Crippen LogP contribution in [0.4, 0.5) is 11.4 Å². The lowest BCUT2D eigenvalue weighted by atomic mass is 10.2. The van der Waals surface area contributed by atoms with Gasteiger partial charge in [-0.3, -0.25) is 4.79 Å². The summed E-state index contributed by atoms with van der Waals surface area (Å²) in [5.41, 5.74) is 7.65. The van der Waals surface area contributed by atoms with E-state index in [9.17, 15) is 9.90 Å². The summed E-state index contributed by atoms with van der Waals surface area (Å²) in [6.07, 6.45) is 2.71. The largest absolute Gasteiger partial charge is 0.508 e. The molecule has 5 heteroatoms. The van der Waals surface area contributed by atoms with Gasteiger partial charge >= 0.3 is 0 Å². The second kappa shape index (κ2) is 5.69. The van der Waals surface area contributed by atoms with E-state index in [1.54, 1.807) is 48.5 Å². The van der Waals surface area contributed by atoms with E-state index < -0.39 is 0 Å². The van der Waals surface area contributed by atoms with Crippen molar-refractivity contribution in [3.8, 4) is 5.75 Å². The first-order valence-corrected chi connectivity index (χ1v) is 6.55. The smallest absolute Gasteiger partial charge is 0.274 e. The van der Waals surface area contributed by atoms with E-state index in [1.807, 2.05) is 11.5 Å². The van der Waals surface area contributed by atoms with Gasteiger partial charge in [0.15, 0.2) is 0 Å². The van der Waals surface area contributed by atoms with Gasteiger partial charge in [-0.15, -0.1) is 0 Å². The van der Waals surface area contributed by atoms with Gasteiger partial charge in [0, 0.05) is 25.5 Å². The summed E-state index contributed by atoms with van der Waals surface area (Å²) in [6.45, 7) is 2.80. The second-order valence-electron chi connectivity index (χ2n) is 4.73. The number of anilines is 2. The topological polar surface area (TPSA) is 71.5 Å². The molecule has 0 aliphatic carbocycles. The molecule has 0 bridgehead atoms. The van der Waals surface area contributed by atoms with Gasteiger partial charge in [0.2, 0.25) is 0 Å². The minimum atomic E-state index is -0.124.